The van der Waals surface area contributed by atoms with Crippen LogP contribution in [0.15, 0.2) is 18.2 Å². The van der Waals surface area contributed by atoms with E-state index in [9.17, 15) is 18.8 Å². The van der Waals surface area contributed by atoms with Gasteiger partial charge in [0.05, 0.1) is 5.56 Å². The van der Waals surface area contributed by atoms with Crippen molar-refractivity contribution in [3.05, 3.63) is 29.6 Å². The minimum absolute atomic E-state index is 0.0228. The molecule has 128 valence electrons. The molecule has 0 unspecified atom stereocenters. The van der Waals surface area contributed by atoms with E-state index in [1.54, 1.807) is 12.1 Å². The van der Waals surface area contributed by atoms with Gasteiger partial charge in [-0.05, 0) is 44.7 Å². The van der Waals surface area contributed by atoms with Gasteiger partial charge >= 0.3 is 0 Å². The molecule has 1 aliphatic carbocycles. The van der Waals surface area contributed by atoms with Gasteiger partial charge in [-0.3, -0.25) is 19.3 Å². The molecule has 1 N–H and O–H groups in total. The largest absolute Gasteiger partial charge is 0.382 e. The van der Waals surface area contributed by atoms with Gasteiger partial charge in [0, 0.05) is 30.6 Å². The molecule has 2 fully saturated rings. The molecule has 1 aromatic carbocycles. The second-order valence-corrected chi connectivity index (χ2v) is 6.53. The number of ketones is 1. The molecule has 5 nitrogen and oxygen atoms in total. The van der Waals surface area contributed by atoms with Gasteiger partial charge in [-0.1, -0.05) is 6.07 Å². The summed E-state index contributed by atoms with van der Waals surface area (Å²) in [6.45, 7) is 1.35. The van der Waals surface area contributed by atoms with Crippen LogP contribution in [0, 0.1) is 5.82 Å². The second kappa shape index (κ2) is 6.71. The van der Waals surface area contributed by atoms with Gasteiger partial charge in [-0.2, -0.15) is 0 Å². The van der Waals surface area contributed by atoms with Crippen molar-refractivity contribution in [3.63, 3.8) is 0 Å². The van der Waals surface area contributed by atoms with Crippen LogP contribution < -0.4 is 5.32 Å². The lowest BCUT2D eigenvalue weighted by atomic mass is 9.89. The van der Waals surface area contributed by atoms with Gasteiger partial charge in [-0.15, -0.1) is 0 Å². The maximum absolute atomic E-state index is 13.9. The average molecular weight is 332 g/mol. The lowest BCUT2D eigenvalue weighted by Gasteiger charge is -2.34. The Bertz CT molecular complexity index is 665. The third-order valence-corrected chi connectivity index (χ3v) is 4.88. The number of anilines is 1. The molecule has 6 heteroatoms. The van der Waals surface area contributed by atoms with Gasteiger partial charge < -0.3 is 5.32 Å². The van der Waals surface area contributed by atoms with Crippen molar-refractivity contribution in [2.24, 2.45) is 0 Å². The number of Topliss-reactive ketones (excluding diaryl/α,β-unsaturated/α-hetero) is 1. The van der Waals surface area contributed by atoms with Crippen molar-refractivity contribution >= 4 is 23.3 Å². The first kappa shape index (κ1) is 16.6. The molecule has 1 saturated heterocycles. The average Bonchev–Trinajstić information content (AvgIpc) is 2.87. The van der Waals surface area contributed by atoms with Crippen LogP contribution in [0.1, 0.15) is 55.8 Å². The molecular weight excluding hydrogens is 311 g/mol. The highest BCUT2D eigenvalue weighted by atomic mass is 19.1. The number of amides is 2. The topological polar surface area (TPSA) is 66.5 Å². The summed E-state index contributed by atoms with van der Waals surface area (Å²) in [5, 5.41) is 3.26. The Morgan fingerprint density at radius 1 is 1.12 bits per heavy atom. The first-order chi connectivity index (χ1) is 11.5. The van der Waals surface area contributed by atoms with E-state index in [4.69, 9.17) is 0 Å². The van der Waals surface area contributed by atoms with Crippen LogP contribution in [0.2, 0.25) is 0 Å². The van der Waals surface area contributed by atoms with Gasteiger partial charge in [0.1, 0.15) is 5.82 Å². The van der Waals surface area contributed by atoms with Gasteiger partial charge in [0.2, 0.25) is 11.8 Å². The van der Waals surface area contributed by atoms with Crippen molar-refractivity contribution in [2.75, 3.05) is 5.32 Å². The maximum Gasteiger partial charge on any atom is 0.229 e. The number of nitrogens with one attached hydrogen (secondary N) is 1. The van der Waals surface area contributed by atoms with Crippen molar-refractivity contribution in [3.8, 4) is 0 Å². The number of carbonyl (C=O) groups excluding carboxylic acids is 3. The Morgan fingerprint density at radius 3 is 2.33 bits per heavy atom. The minimum Gasteiger partial charge on any atom is -0.382 e. The number of benzene rings is 1. The van der Waals surface area contributed by atoms with Crippen molar-refractivity contribution in [1.29, 1.82) is 0 Å². The van der Waals surface area contributed by atoms with Crippen LogP contribution in [0.5, 0.6) is 0 Å². The number of likely N-dealkylation sites (tertiary alicyclic amines) is 1. The molecule has 1 aromatic rings. The molecule has 0 spiro atoms. The Balaban J connectivity index is 1.64. The zero-order valence-corrected chi connectivity index (χ0v) is 13.7. The molecular formula is C18H21FN2O3. The van der Waals surface area contributed by atoms with Crippen LogP contribution in [0.25, 0.3) is 0 Å². The normalized spacial score (nSPS) is 24.3. The van der Waals surface area contributed by atoms with Crippen molar-refractivity contribution in [1.82, 2.24) is 4.90 Å². The fourth-order valence-corrected chi connectivity index (χ4v) is 3.70. The Kier molecular flexibility index (Phi) is 4.64. The number of hydrogen-bond donors (Lipinski definition) is 1. The smallest absolute Gasteiger partial charge is 0.229 e. The van der Waals surface area contributed by atoms with Crippen molar-refractivity contribution < 1.29 is 18.8 Å². The zero-order chi connectivity index (χ0) is 17.3. The SMILES string of the molecule is CC(=O)c1c(F)cccc1NC1CCC(N2C(=O)CCC2=O)CC1. The Hall–Kier alpha value is -2.24. The highest BCUT2D eigenvalue weighted by molar-refractivity contribution is 6.02. The lowest BCUT2D eigenvalue weighted by molar-refractivity contribution is -0.141. The van der Waals surface area contributed by atoms with E-state index < -0.39 is 5.82 Å². The monoisotopic (exact) mass is 332 g/mol. The fraction of sp³-hybridized carbons (Fsp3) is 0.500. The van der Waals surface area contributed by atoms with E-state index in [0.717, 1.165) is 25.7 Å². The summed E-state index contributed by atoms with van der Waals surface area (Å²) in [6, 6.07) is 4.65. The van der Waals surface area contributed by atoms with Crippen LogP contribution in [-0.2, 0) is 9.59 Å². The van der Waals surface area contributed by atoms with Gasteiger partial charge in [0.15, 0.2) is 5.78 Å². The van der Waals surface area contributed by atoms with E-state index >= 15 is 0 Å². The fourth-order valence-electron chi connectivity index (χ4n) is 3.70. The predicted molar refractivity (Wildman–Crippen MR) is 87.2 cm³/mol. The number of hydrogen-bond acceptors (Lipinski definition) is 4. The van der Waals surface area contributed by atoms with E-state index in [-0.39, 0.29) is 35.2 Å². The molecule has 0 aromatic heterocycles. The van der Waals surface area contributed by atoms with E-state index in [1.807, 2.05) is 0 Å². The van der Waals surface area contributed by atoms with Crippen LogP contribution in [0.4, 0.5) is 10.1 Å². The first-order valence-corrected chi connectivity index (χ1v) is 8.38. The van der Waals surface area contributed by atoms with E-state index in [1.165, 1.54) is 17.9 Å². The maximum atomic E-state index is 13.9. The van der Waals surface area contributed by atoms with Crippen LogP contribution in [0.3, 0.4) is 0 Å². The number of imide groups is 1. The van der Waals surface area contributed by atoms with E-state index in [0.29, 0.717) is 18.5 Å². The molecule has 0 bridgehead atoms. The van der Waals surface area contributed by atoms with Crippen molar-refractivity contribution in [2.45, 2.75) is 57.5 Å². The summed E-state index contributed by atoms with van der Waals surface area (Å²) in [5.41, 5.74) is 0.601. The molecule has 2 aliphatic rings. The Labute approximate surface area is 140 Å². The highest BCUT2D eigenvalue weighted by Crippen LogP contribution is 2.30. The number of halogens is 1. The van der Waals surface area contributed by atoms with Gasteiger partial charge in [-0.25, -0.2) is 4.39 Å². The molecule has 24 heavy (non-hydrogen) atoms. The minimum atomic E-state index is -0.519. The zero-order valence-electron chi connectivity index (χ0n) is 13.7. The summed E-state index contributed by atoms with van der Waals surface area (Å²) in [6.07, 6.45) is 3.66. The molecule has 0 atom stereocenters. The summed E-state index contributed by atoms with van der Waals surface area (Å²) < 4.78 is 13.9. The van der Waals surface area contributed by atoms with Crippen LogP contribution in [-0.4, -0.2) is 34.6 Å². The Morgan fingerprint density at radius 2 is 1.75 bits per heavy atom. The molecule has 1 aliphatic heterocycles. The predicted octanol–water partition coefficient (Wildman–Crippen LogP) is 2.90. The standard InChI is InChI=1S/C18H21FN2O3/c1-11(22)18-14(19)3-2-4-15(18)20-12-5-7-13(8-6-12)21-16(23)9-10-17(21)24/h2-4,12-13,20H,5-10H2,1H3. The van der Waals surface area contributed by atoms with Crippen LogP contribution >= 0.6 is 0 Å². The number of rotatable bonds is 4. The third-order valence-electron chi connectivity index (χ3n) is 4.88. The summed E-state index contributed by atoms with van der Waals surface area (Å²) in [7, 11) is 0. The lowest BCUT2D eigenvalue weighted by Crippen LogP contribution is -2.43. The summed E-state index contributed by atoms with van der Waals surface area (Å²) in [4.78, 5) is 36.7. The third kappa shape index (κ3) is 3.18. The molecule has 3 rings (SSSR count). The molecule has 1 heterocycles. The molecule has 0 radical (unpaired) electrons. The molecule has 2 amide bonds. The second-order valence-electron chi connectivity index (χ2n) is 6.53. The number of nitrogens with zero attached hydrogens (tertiary/aromatic N) is 1. The summed E-state index contributed by atoms with van der Waals surface area (Å²) >= 11 is 0. The quantitative estimate of drug-likeness (QED) is 0.680. The van der Waals surface area contributed by atoms with Gasteiger partial charge in [0.25, 0.3) is 0 Å². The molecule has 1 saturated carbocycles. The van der Waals surface area contributed by atoms with E-state index in [2.05, 4.69) is 5.32 Å². The summed E-state index contributed by atoms with van der Waals surface area (Å²) in [5.74, 6) is -0.965. The first-order valence-electron chi connectivity index (χ1n) is 8.38. The highest BCUT2D eigenvalue weighted by Gasteiger charge is 2.36. The number of carbonyl (C=O) groups is 3.